The molecule has 2 aromatic heterocycles. The van der Waals surface area contributed by atoms with E-state index in [1.54, 1.807) is 30.6 Å². The van der Waals surface area contributed by atoms with Crippen LogP contribution in [0.15, 0.2) is 42.7 Å². The number of likely N-dealkylation sites (tertiary alicyclic amines) is 1. The van der Waals surface area contributed by atoms with Gasteiger partial charge >= 0.3 is 5.97 Å². The third-order valence-electron chi connectivity index (χ3n) is 8.49. The lowest BCUT2D eigenvalue weighted by atomic mass is 10.1. The highest BCUT2D eigenvalue weighted by molar-refractivity contribution is 7.88. The van der Waals surface area contributed by atoms with Gasteiger partial charge in [0.1, 0.15) is 0 Å². The highest BCUT2D eigenvalue weighted by atomic mass is 35.5. The number of fused-ring (bicyclic) bond motifs is 1. The molecule has 3 aromatic rings. The number of carboxylic acid groups (broad SMARTS) is 1. The summed E-state index contributed by atoms with van der Waals surface area (Å²) in [4.78, 5) is 31.2. The van der Waals surface area contributed by atoms with Crippen LogP contribution < -0.4 is 14.4 Å². The SMILES string of the molecule is CS(=O)(=O)N[C@H]1[C@@H]2CCN(Cc3cc(Oc4cnc(N5CCN(CCC(=O)O)CC5)nc4)nc(-c4cc(Cl)cc(Cl)c4)c3)C[C@@H]21. The van der Waals surface area contributed by atoms with E-state index in [9.17, 15) is 13.2 Å². The summed E-state index contributed by atoms with van der Waals surface area (Å²) in [5.41, 5.74) is 2.39. The van der Waals surface area contributed by atoms with E-state index in [0.717, 1.165) is 43.7 Å². The molecular formula is C30H35Cl2N7O5S. The number of carboxylic acids is 1. The lowest BCUT2D eigenvalue weighted by Gasteiger charge is -2.34. The van der Waals surface area contributed by atoms with E-state index >= 15 is 0 Å². The number of anilines is 1. The Hall–Kier alpha value is -3.07. The molecule has 0 radical (unpaired) electrons. The van der Waals surface area contributed by atoms with Crippen molar-refractivity contribution < 1.29 is 23.1 Å². The second-order valence-corrected chi connectivity index (χ2v) is 14.6. The van der Waals surface area contributed by atoms with Gasteiger partial charge in [-0.15, -0.1) is 0 Å². The van der Waals surface area contributed by atoms with Crippen molar-refractivity contribution >= 4 is 45.1 Å². The molecule has 2 saturated heterocycles. The number of ether oxygens (including phenoxy) is 1. The predicted molar refractivity (Wildman–Crippen MR) is 171 cm³/mol. The zero-order valence-corrected chi connectivity index (χ0v) is 27.1. The van der Waals surface area contributed by atoms with Gasteiger partial charge in [-0.25, -0.2) is 28.1 Å². The highest BCUT2D eigenvalue weighted by Crippen LogP contribution is 2.46. The number of sulfonamides is 1. The smallest absolute Gasteiger partial charge is 0.304 e. The van der Waals surface area contributed by atoms with Gasteiger partial charge in [0.05, 0.1) is 30.8 Å². The molecule has 12 nitrogen and oxygen atoms in total. The molecule has 0 spiro atoms. The zero-order chi connectivity index (χ0) is 31.7. The van der Waals surface area contributed by atoms with Gasteiger partial charge in [0, 0.05) is 73.5 Å². The average molecular weight is 677 g/mol. The van der Waals surface area contributed by atoms with E-state index in [1.807, 2.05) is 12.1 Å². The molecule has 3 atom stereocenters. The third-order valence-corrected chi connectivity index (χ3v) is 9.63. The van der Waals surface area contributed by atoms with Crippen molar-refractivity contribution in [3.8, 4) is 22.9 Å². The summed E-state index contributed by atoms with van der Waals surface area (Å²) in [6.07, 6.45) is 5.52. The minimum Gasteiger partial charge on any atom is -0.481 e. The molecule has 4 heterocycles. The number of pyridine rings is 1. The van der Waals surface area contributed by atoms with Crippen LogP contribution in [-0.4, -0.2) is 102 Å². The summed E-state index contributed by atoms with van der Waals surface area (Å²) in [6, 6.07) is 9.18. The molecule has 0 amide bonds. The molecule has 1 saturated carbocycles. The number of nitrogens with one attached hydrogen (secondary N) is 1. The second kappa shape index (κ2) is 13.3. The number of benzene rings is 1. The number of aromatic nitrogens is 3. The van der Waals surface area contributed by atoms with Gasteiger partial charge in [0.2, 0.25) is 21.9 Å². The highest BCUT2D eigenvalue weighted by Gasteiger charge is 2.53. The summed E-state index contributed by atoms with van der Waals surface area (Å²) < 4.78 is 32.5. The maximum Gasteiger partial charge on any atom is 0.304 e. The largest absolute Gasteiger partial charge is 0.481 e. The Morgan fingerprint density at radius 3 is 2.38 bits per heavy atom. The molecule has 45 heavy (non-hydrogen) atoms. The minimum absolute atomic E-state index is 0.00859. The molecule has 0 unspecified atom stereocenters. The maximum absolute atomic E-state index is 11.8. The predicted octanol–water partition coefficient (Wildman–Crippen LogP) is 3.60. The maximum atomic E-state index is 11.8. The lowest BCUT2D eigenvalue weighted by molar-refractivity contribution is -0.137. The number of rotatable bonds is 11. The first kappa shape index (κ1) is 31.9. The number of hydrogen-bond donors (Lipinski definition) is 2. The molecule has 6 rings (SSSR count). The first-order chi connectivity index (χ1) is 21.5. The van der Waals surface area contributed by atoms with Crippen molar-refractivity contribution in [2.45, 2.75) is 25.4 Å². The number of nitrogens with zero attached hydrogens (tertiary/aromatic N) is 6. The van der Waals surface area contributed by atoms with Crippen LogP contribution >= 0.6 is 23.2 Å². The van der Waals surface area contributed by atoms with Crippen LogP contribution in [0.4, 0.5) is 5.95 Å². The number of aliphatic carboxylic acids is 1. The molecule has 15 heteroatoms. The molecule has 2 aliphatic heterocycles. The van der Waals surface area contributed by atoms with E-state index < -0.39 is 16.0 Å². The van der Waals surface area contributed by atoms with Crippen molar-refractivity contribution in [3.63, 3.8) is 0 Å². The van der Waals surface area contributed by atoms with Crippen LogP contribution in [0, 0.1) is 11.8 Å². The fourth-order valence-corrected chi connectivity index (χ4v) is 7.63. The number of piperazine rings is 1. The number of piperidine rings is 1. The Bertz CT molecular complexity index is 1630. The molecule has 3 aliphatic rings. The summed E-state index contributed by atoms with van der Waals surface area (Å²) >= 11 is 12.6. The first-order valence-electron chi connectivity index (χ1n) is 14.9. The van der Waals surface area contributed by atoms with E-state index in [0.29, 0.717) is 71.3 Å². The topological polar surface area (TPSA) is 141 Å². The Labute approximate surface area is 272 Å². The van der Waals surface area contributed by atoms with Gasteiger partial charge in [-0.3, -0.25) is 14.6 Å². The van der Waals surface area contributed by atoms with Crippen LogP contribution in [0.3, 0.4) is 0 Å². The Balaban J connectivity index is 1.16. The quantitative estimate of drug-likeness (QED) is 0.308. The van der Waals surface area contributed by atoms with Gasteiger partial charge < -0.3 is 14.7 Å². The zero-order valence-electron chi connectivity index (χ0n) is 24.8. The Morgan fingerprint density at radius 2 is 1.71 bits per heavy atom. The molecule has 0 bridgehead atoms. The van der Waals surface area contributed by atoms with Gasteiger partial charge in [-0.1, -0.05) is 23.2 Å². The fourth-order valence-electron chi connectivity index (χ4n) is 6.26. The number of carbonyl (C=O) groups is 1. The van der Waals surface area contributed by atoms with Crippen LogP contribution in [0.2, 0.25) is 10.0 Å². The van der Waals surface area contributed by atoms with Gasteiger partial charge in [0.25, 0.3) is 0 Å². The van der Waals surface area contributed by atoms with Crippen LogP contribution in [0.25, 0.3) is 11.3 Å². The molecule has 3 fully saturated rings. The van der Waals surface area contributed by atoms with Crippen molar-refractivity contribution in [1.82, 2.24) is 29.5 Å². The number of hydrogen-bond acceptors (Lipinski definition) is 10. The third kappa shape index (κ3) is 8.40. The van der Waals surface area contributed by atoms with Gasteiger partial charge in [-0.05, 0) is 54.6 Å². The molecule has 1 aliphatic carbocycles. The molecule has 240 valence electrons. The second-order valence-electron chi connectivity index (χ2n) is 11.9. The summed E-state index contributed by atoms with van der Waals surface area (Å²) in [5.74, 6) is 1.30. The van der Waals surface area contributed by atoms with E-state index in [-0.39, 0.29) is 12.5 Å². The molecular weight excluding hydrogens is 641 g/mol. The standard InChI is InChI=1S/C30H35Cl2N7O5S/c1-45(42,43)36-29-24-2-4-38(18-25(24)29)17-19-10-26(20-12-21(31)14-22(32)13-20)35-27(11-19)44-23-15-33-30(34-16-23)39-8-6-37(7-9-39)5-3-28(40)41/h10-16,24-25,29,36H,2-9,17-18H2,1H3,(H,40,41)/t24-,25+,29+/m1/s1. The lowest BCUT2D eigenvalue weighted by Crippen LogP contribution is -2.47. The van der Waals surface area contributed by atoms with Crippen molar-refractivity contribution in [1.29, 1.82) is 0 Å². The summed E-state index contributed by atoms with van der Waals surface area (Å²) in [6.45, 7) is 5.75. The van der Waals surface area contributed by atoms with Crippen LogP contribution in [-0.2, 0) is 21.4 Å². The average Bonchev–Trinajstić information content (AvgIpc) is 3.65. The van der Waals surface area contributed by atoms with Gasteiger partial charge in [0.15, 0.2) is 5.75 Å². The molecule has 1 aromatic carbocycles. The van der Waals surface area contributed by atoms with Crippen molar-refractivity contribution in [2.24, 2.45) is 11.8 Å². The summed E-state index contributed by atoms with van der Waals surface area (Å²) in [7, 11) is -3.24. The monoisotopic (exact) mass is 675 g/mol. The Morgan fingerprint density at radius 1 is 1.00 bits per heavy atom. The van der Waals surface area contributed by atoms with E-state index in [2.05, 4.69) is 29.4 Å². The van der Waals surface area contributed by atoms with E-state index in [4.69, 9.17) is 38.0 Å². The first-order valence-corrected chi connectivity index (χ1v) is 17.5. The number of halogens is 2. The van der Waals surface area contributed by atoms with Crippen LogP contribution in [0.5, 0.6) is 11.6 Å². The van der Waals surface area contributed by atoms with E-state index in [1.165, 1.54) is 6.26 Å². The van der Waals surface area contributed by atoms with Crippen LogP contribution in [0.1, 0.15) is 18.4 Å². The molecule has 2 N–H and O–H groups in total. The van der Waals surface area contributed by atoms with Crippen molar-refractivity contribution in [2.75, 3.05) is 57.0 Å². The van der Waals surface area contributed by atoms with Gasteiger partial charge in [-0.2, -0.15) is 0 Å². The fraction of sp³-hybridized carbons (Fsp3) is 0.467. The summed E-state index contributed by atoms with van der Waals surface area (Å²) in [5, 5.41) is 9.93. The minimum atomic E-state index is -3.24. The normalized spacial score (nSPS) is 22.2. The van der Waals surface area contributed by atoms with Crippen molar-refractivity contribution in [3.05, 3.63) is 58.3 Å². The Kier molecular flexibility index (Phi) is 9.46.